The molecule has 0 amide bonds. The summed E-state index contributed by atoms with van der Waals surface area (Å²) in [7, 11) is -3.65. The fourth-order valence-corrected chi connectivity index (χ4v) is 5.45. The highest BCUT2D eigenvalue weighted by molar-refractivity contribution is 7.91. The lowest BCUT2D eigenvalue weighted by atomic mass is 9.96. The molecule has 1 aromatic heterocycles. The lowest BCUT2D eigenvalue weighted by Crippen LogP contribution is -2.14. The zero-order valence-electron chi connectivity index (χ0n) is 19.4. The van der Waals surface area contributed by atoms with Crippen LogP contribution >= 0.6 is 0 Å². The second-order valence-electron chi connectivity index (χ2n) is 10.0. The van der Waals surface area contributed by atoms with Gasteiger partial charge >= 0.3 is 6.18 Å². The maximum atomic E-state index is 15.3. The lowest BCUT2D eigenvalue weighted by molar-refractivity contribution is -0.137. The van der Waals surface area contributed by atoms with E-state index in [-0.39, 0.29) is 22.3 Å². The molecule has 0 unspecified atom stereocenters. The molecule has 0 N–H and O–H groups in total. The average Bonchev–Trinajstić information content (AvgIpc) is 3.51. The molecule has 34 heavy (non-hydrogen) atoms. The van der Waals surface area contributed by atoms with Gasteiger partial charge in [-0.15, -0.1) is 0 Å². The van der Waals surface area contributed by atoms with Gasteiger partial charge < -0.3 is 4.57 Å². The number of nitrogens with zero attached hydrogens (tertiary/aromatic N) is 2. The van der Waals surface area contributed by atoms with Crippen molar-refractivity contribution in [3.05, 3.63) is 59.5 Å². The van der Waals surface area contributed by atoms with Crippen LogP contribution in [0.15, 0.2) is 47.0 Å². The lowest BCUT2D eigenvalue weighted by Gasteiger charge is -2.20. The van der Waals surface area contributed by atoms with Gasteiger partial charge in [0.2, 0.25) is 0 Å². The SMILES string of the molecule is CC(=NS(=O)(=O)C1CC1)c1cn(CC(C)(C)C)c2cc(-c3ccccc3C(F)(F)F)c(F)cc12. The molecule has 182 valence electrons. The Bertz CT molecular complexity index is 1390. The first kappa shape index (κ1) is 24.4. The second kappa shape index (κ2) is 8.22. The first-order valence-corrected chi connectivity index (χ1v) is 12.5. The smallest absolute Gasteiger partial charge is 0.346 e. The van der Waals surface area contributed by atoms with Crippen molar-refractivity contribution < 1.29 is 26.0 Å². The summed E-state index contributed by atoms with van der Waals surface area (Å²) in [5.74, 6) is -0.822. The molecular weight excluding hydrogens is 468 g/mol. The summed E-state index contributed by atoms with van der Waals surface area (Å²) >= 11 is 0. The van der Waals surface area contributed by atoms with Gasteiger partial charge in [-0.3, -0.25) is 0 Å². The number of aromatic nitrogens is 1. The number of halogens is 4. The molecule has 0 saturated heterocycles. The number of hydrogen-bond acceptors (Lipinski definition) is 2. The number of fused-ring (bicyclic) bond motifs is 1. The molecule has 9 heteroatoms. The van der Waals surface area contributed by atoms with Crippen LogP contribution in [0, 0.1) is 11.2 Å². The van der Waals surface area contributed by atoms with Crippen LogP contribution < -0.4 is 0 Å². The minimum atomic E-state index is -4.64. The Balaban J connectivity index is 1.95. The molecule has 0 spiro atoms. The Morgan fingerprint density at radius 1 is 1.09 bits per heavy atom. The van der Waals surface area contributed by atoms with E-state index in [9.17, 15) is 21.6 Å². The molecule has 0 radical (unpaired) electrons. The highest BCUT2D eigenvalue weighted by atomic mass is 32.2. The van der Waals surface area contributed by atoms with E-state index in [1.54, 1.807) is 13.1 Å². The summed E-state index contributed by atoms with van der Waals surface area (Å²) < 4.78 is 86.8. The normalized spacial score (nSPS) is 15.8. The van der Waals surface area contributed by atoms with E-state index in [1.165, 1.54) is 30.3 Å². The fraction of sp³-hybridized carbons (Fsp3) is 0.400. The molecule has 1 aliphatic carbocycles. The summed E-state index contributed by atoms with van der Waals surface area (Å²) in [6, 6.07) is 7.47. The minimum absolute atomic E-state index is 0.166. The molecule has 0 atom stereocenters. The van der Waals surface area contributed by atoms with Crippen molar-refractivity contribution in [2.24, 2.45) is 9.81 Å². The van der Waals surface area contributed by atoms with E-state index >= 15 is 4.39 Å². The molecule has 1 fully saturated rings. The van der Waals surface area contributed by atoms with Crippen molar-refractivity contribution in [2.75, 3.05) is 0 Å². The highest BCUT2D eigenvalue weighted by Crippen LogP contribution is 2.40. The summed E-state index contributed by atoms with van der Waals surface area (Å²) in [6.45, 7) is 8.04. The van der Waals surface area contributed by atoms with Gasteiger partial charge in [0.15, 0.2) is 0 Å². The predicted molar refractivity (Wildman–Crippen MR) is 126 cm³/mol. The molecular formula is C25H26F4N2O2S. The van der Waals surface area contributed by atoms with E-state index in [1.807, 2.05) is 25.3 Å². The van der Waals surface area contributed by atoms with Crippen LogP contribution in [-0.4, -0.2) is 23.9 Å². The number of sulfonamides is 1. The van der Waals surface area contributed by atoms with Gasteiger partial charge in [0.25, 0.3) is 10.0 Å². The Labute approximate surface area is 196 Å². The van der Waals surface area contributed by atoms with Gasteiger partial charge in [0.05, 0.1) is 16.5 Å². The first-order chi connectivity index (χ1) is 15.7. The Morgan fingerprint density at radius 3 is 2.32 bits per heavy atom. The zero-order valence-corrected chi connectivity index (χ0v) is 20.2. The standard InChI is InChI=1S/C25H26F4N2O2S/c1-15(30-34(32,33)16-9-10-16)20-13-31(14-24(2,3)4)23-12-18(22(26)11-19(20)23)17-7-5-6-8-21(17)25(27,28)29/h5-8,11-13,16H,9-10,14H2,1-4H3. The Kier molecular flexibility index (Phi) is 5.91. The molecule has 1 saturated carbocycles. The topological polar surface area (TPSA) is 51.4 Å². The average molecular weight is 495 g/mol. The predicted octanol–water partition coefficient (Wildman–Crippen LogP) is 6.81. The summed E-state index contributed by atoms with van der Waals surface area (Å²) in [5.41, 5.74) is -0.355. The van der Waals surface area contributed by atoms with Crippen molar-refractivity contribution in [1.82, 2.24) is 4.57 Å². The fourth-order valence-electron chi connectivity index (χ4n) is 4.09. The van der Waals surface area contributed by atoms with Crippen LogP contribution in [0.5, 0.6) is 0 Å². The third-order valence-electron chi connectivity index (χ3n) is 5.74. The van der Waals surface area contributed by atoms with Crippen molar-refractivity contribution in [3.8, 4) is 11.1 Å². The molecule has 3 aromatic rings. The van der Waals surface area contributed by atoms with E-state index in [0.717, 1.165) is 6.07 Å². The third-order valence-corrected chi connectivity index (χ3v) is 7.58. The number of alkyl halides is 3. The Morgan fingerprint density at radius 2 is 1.74 bits per heavy atom. The van der Waals surface area contributed by atoms with Gasteiger partial charge in [0, 0.05) is 34.8 Å². The number of hydrogen-bond donors (Lipinski definition) is 0. The van der Waals surface area contributed by atoms with Crippen LogP contribution in [0.4, 0.5) is 17.6 Å². The van der Waals surface area contributed by atoms with Crippen molar-refractivity contribution in [1.29, 1.82) is 0 Å². The molecule has 0 aliphatic heterocycles. The molecule has 1 aliphatic rings. The zero-order chi connectivity index (χ0) is 25.1. The first-order valence-electron chi connectivity index (χ1n) is 11.0. The maximum Gasteiger partial charge on any atom is 0.417 e. The summed E-state index contributed by atoms with van der Waals surface area (Å²) in [5, 5.41) is -0.0742. The van der Waals surface area contributed by atoms with Crippen LogP contribution in [0.25, 0.3) is 22.0 Å². The monoisotopic (exact) mass is 494 g/mol. The van der Waals surface area contributed by atoms with Crippen molar-refractivity contribution in [2.45, 2.75) is 58.5 Å². The molecule has 0 bridgehead atoms. The van der Waals surface area contributed by atoms with Gasteiger partial charge in [-0.25, -0.2) is 12.8 Å². The summed E-state index contributed by atoms with van der Waals surface area (Å²) in [4.78, 5) is 0. The number of rotatable bonds is 5. The van der Waals surface area contributed by atoms with Crippen LogP contribution in [0.3, 0.4) is 0 Å². The quantitative estimate of drug-likeness (QED) is 0.289. The van der Waals surface area contributed by atoms with Crippen molar-refractivity contribution >= 4 is 26.6 Å². The number of benzene rings is 2. The van der Waals surface area contributed by atoms with Gasteiger partial charge in [-0.05, 0) is 48.9 Å². The van der Waals surface area contributed by atoms with Gasteiger partial charge in [-0.1, -0.05) is 39.0 Å². The van der Waals surface area contributed by atoms with Crippen LogP contribution in [0.2, 0.25) is 0 Å². The highest BCUT2D eigenvalue weighted by Gasteiger charge is 2.36. The van der Waals surface area contributed by atoms with Crippen molar-refractivity contribution in [3.63, 3.8) is 0 Å². The second-order valence-corrected chi connectivity index (χ2v) is 11.9. The van der Waals surface area contributed by atoms with Crippen LogP contribution in [-0.2, 0) is 22.7 Å². The molecule has 1 heterocycles. The summed E-state index contributed by atoms with van der Waals surface area (Å²) in [6.07, 6.45) is -1.80. The Hall–Kier alpha value is -2.68. The third kappa shape index (κ3) is 4.89. The van der Waals surface area contributed by atoms with Crippen LogP contribution in [0.1, 0.15) is 51.7 Å². The van der Waals surface area contributed by atoms with Gasteiger partial charge in [-0.2, -0.15) is 17.6 Å². The maximum absolute atomic E-state index is 15.3. The molecule has 4 nitrogen and oxygen atoms in total. The van der Waals surface area contributed by atoms with E-state index in [2.05, 4.69) is 4.40 Å². The van der Waals surface area contributed by atoms with Gasteiger partial charge in [0.1, 0.15) is 5.82 Å². The van der Waals surface area contributed by atoms with E-state index in [0.29, 0.717) is 35.9 Å². The minimum Gasteiger partial charge on any atom is -0.346 e. The molecule has 4 rings (SSSR count). The molecule has 2 aromatic carbocycles. The van der Waals surface area contributed by atoms with E-state index in [4.69, 9.17) is 0 Å². The largest absolute Gasteiger partial charge is 0.417 e. The van der Waals surface area contributed by atoms with E-state index < -0.39 is 32.8 Å².